The van der Waals surface area contributed by atoms with Crippen LogP contribution in [0.2, 0.25) is 0 Å². The van der Waals surface area contributed by atoms with Crippen LogP contribution in [-0.2, 0) is 4.79 Å². The molecule has 0 bridgehead atoms. The van der Waals surface area contributed by atoms with Crippen LogP contribution in [0.3, 0.4) is 0 Å². The molecule has 5 heteroatoms. The van der Waals surface area contributed by atoms with E-state index in [9.17, 15) is 9.59 Å². The molecule has 1 saturated heterocycles. The maximum atomic E-state index is 12.1. The Bertz CT molecular complexity index is 566. The van der Waals surface area contributed by atoms with Crippen molar-refractivity contribution in [3.63, 3.8) is 0 Å². The van der Waals surface area contributed by atoms with Crippen LogP contribution >= 0.6 is 0 Å². The molecule has 126 valence electrons. The van der Waals surface area contributed by atoms with E-state index in [2.05, 4.69) is 24.1 Å². The third-order valence-electron chi connectivity index (χ3n) is 4.62. The van der Waals surface area contributed by atoms with Crippen LogP contribution in [0, 0.1) is 5.41 Å². The first kappa shape index (κ1) is 17.6. The van der Waals surface area contributed by atoms with Crippen molar-refractivity contribution >= 4 is 17.4 Å². The van der Waals surface area contributed by atoms with Crippen LogP contribution in [0.5, 0.6) is 0 Å². The predicted molar refractivity (Wildman–Crippen MR) is 92.5 cm³/mol. The number of hydrogen-bond donors (Lipinski definition) is 2. The highest BCUT2D eigenvalue weighted by atomic mass is 16.1. The van der Waals surface area contributed by atoms with Crippen LogP contribution in [-0.4, -0.2) is 42.3 Å². The fraction of sp³-hybridized carbons (Fsp3) is 0.556. The van der Waals surface area contributed by atoms with Gasteiger partial charge in [-0.25, -0.2) is 0 Å². The van der Waals surface area contributed by atoms with Gasteiger partial charge in [0.05, 0.1) is 0 Å². The number of carbonyl (C=O) groups is 2. The summed E-state index contributed by atoms with van der Waals surface area (Å²) < 4.78 is 0. The maximum Gasteiger partial charge on any atom is 0.225 e. The zero-order valence-electron chi connectivity index (χ0n) is 14.3. The lowest BCUT2D eigenvalue weighted by Crippen LogP contribution is -2.52. The average molecular weight is 317 g/mol. The summed E-state index contributed by atoms with van der Waals surface area (Å²) in [6, 6.07) is 7.21. The monoisotopic (exact) mass is 317 g/mol. The number of hydrogen-bond acceptors (Lipinski definition) is 4. The lowest BCUT2D eigenvalue weighted by atomic mass is 9.80. The number of nitrogens with one attached hydrogen (secondary N) is 1. The molecular formula is C18H27N3O2. The number of anilines is 1. The van der Waals surface area contributed by atoms with Gasteiger partial charge in [0, 0.05) is 36.8 Å². The Hall–Kier alpha value is -1.72. The smallest absolute Gasteiger partial charge is 0.225 e. The second-order valence-corrected chi connectivity index (χ2v) is 7.09. The standard InChI is InChI=1S/C18H27N3O2/c1-13(22)14-4-6-15(7-5-14)20-17(23)9-11-21-10-8-16(19)18(2,3)12-21/h4-7,16H,8-12,19H2,1-3H3,(H,20,23). The first-order valence-corrected chi connectivity index (χ1v) is 8.17. The minimum absolute atomic E-state index is 0.00625. The molecule has 0 aliphatic carbocycles. The van der Waals surface area contributed by atoms with Crippen LogP contribution < -0.4 is 11.1 Å². The van der Waals surface area contributed by atoms with Crippen molar-refractivity contribution in [3.05, 3.63) is 29.8 Å². The van der Waals surface area contributed by atoms with Crippen molar-refractivity contribution < 1.29 is 9.59 Å². The van der Waals surface area contributed by atoms with Crippen molar-refractivity contribution in [2.24, 2.45) is 11.1 Å². The number of Topliss-reactive ketones (excluding diaryl/α,β-unsaturated/α-hetero) is 1. The van der Waals surface area contributed by atoms with E-state index in [1.807, 2.05) is 0 Å². The van der Waals surface area contributed by atoms with Crippen LogP contribution in [0.4, 0.5) is 5.69 Å². The zero-order valence-corrected chi connectivity index (χ0v) is 14.3. The predicted octanol–water partition coefficient (Wildman–Crippen LogP) is 2.28. The van der Waals surface area contributed by atoms with Gasteiger partial charge in [0.1, 0.15) is 0 Å². The second kappa shape index (κ2) is 7.23. The molecule has 0 aromatic heterocycles. The van der Waals surface area contributed by atoms with Gasteiger partial charge in [0.15, 0.2) is 5.78 Å². The van der Waals surface area contributed by atoms with E-state index in [1.54, 1.807) is 24.3 Å². The summed E-state index contributed by atoms with van der Waals surface area (Å²) in [7, 11) is 0. The number of amides is 1. The average Bonchev–Trinajstić information content (AvgIpc) is 2.49. The molecule has 1 aromatic rings. The molecule has 0 spiro atoms. The molecule has 1 aliphatic heterocycles. The summed E-state index contributed by atoms with van der Waals surface area (Å²) in [6.45, 7) is 8.51. The van der Waals surface area contributed by atoms with Crippen LogP contribution in [0.25, 0.3) is 0 Å². The molecule has 5 nitrogen and oxygen atoms in total. The maximum absolute atomic E-state index is 12.1. The Morgan fingerprint density at radius 1 is 1.30 bits per heavy atom. The molecule has 3 N–H and O–H groups in total. The van der Waals surface area contributed by atoms with Crippen LogP contribution in [0.1, 0.15) is 44.0 Å². The molecular weight excluding hydrogens is 290 g/mol. The van der Waals surface area contributed by atoms with E-state index in [0.717, 1.165) is 31.7 Å². The molecule has 2 rings (SSSR count). The van der Waals surface area contributed by atoms with E-state index < -0.39 is 0 Å². The zero-order chi connectivity index (χ0) is 17.0. The minimum atomic E-state index is -0.00625. The molecule has 1 aromatic carbocycles. The number of likely N-dealkylation sites (tertiary alicyclic amines) is 1. The largest absolute Gasteiger partial charge is 0.327 e. The number of benzene rings is 1. The number of piperidine rings is 1. The van der Waals surface area contributed by atoms with Crippen LogP contribution in [0.15, 0.2) is 24.3 Å². The molecule has 23 heavy (non-hydrogen) atoms. The van der Waals surface area contributed by atoms with Gasteiger partial charge in [0.2, 0.25) is 5.91 Å². The molecule has 1 heterocycles. The van der Waals surface area contributed by atoms with E-state index in [4.69, 9.17) is 5.73 Å². The Labute approximate surface area is 138 Å². The first-order chi connectivity index (χ1) is 10.8. The van der Waals surface area contributed by atoms with Gasteiger partial charge in [-0.05, 0) is 49.6 Å². The fourth-order valence-corrected chi connectivity index (χ4v) is 2.95. The Morgan fingerprint density at radius 2 is 1.96 bits per heavy atom. The normalized spacial score (nSPS) is 21.0. The fourth-order valence-electron chi connectivity index (χ4n) is 2.95. The van der Waals surface area contributed by atoms with E-state index in [0.29, 0.717) is 12.0 Å². The highest BCUT2D eigenvalue weighted by molar-refractivity contribution is 5.95. The molecule has 0 saturated carbocycles. The topological polar surface area (TPSA) is 75.4 Å². The van der Waals surface area contributed by atoms with Gasteiger partial charge >= 0.3 is 0 Å². The third-order valence-corrected chi connectivity index (χ3v) is 4.62. The Kier molecular flexibility index (Phi) is 5.55. The molecule has 1 unspecified atom stereocenters. The van der Waals surface area contributed by atoms with Gasteiger partial charge in [0.25, 0.3) is 0 Å². The minimum Gasteiger partial charge on any atom is -0.327 e. The van der Waals surface area contributed by atoms with Gasteiger partial charge in [-0.3, -0.25) is 9.59 Å². The Balaban J connectivity index is 1.80. The van der Waals surface area contributed by atoms with E-state index in [1.165, 1.54) is 6.92 Å². The summed E-state index contributed by atoms with van der Waals surface area (Å²) in [4.78, 5) is 25.6. The Morgan fingerprint density at radius 3 is 2.52 bits per heavy atom. The first-order valence-electron chi connectivity index (χ1n) is 8.17. The summed E-state index contributed by atoms with van der Waals surface area (Å²) in [5.74, 6) is 0.0158. The molecule has 1 aliphatic rings. The van der Waals surface area contributed by atoms with Crippen molar-refractivity contribution in [3.8, 4) is 0 Å². The summed E-state index contributed by atoms with van der Waals surface area (Å²) >= 11 is 0. The molecule has 1 fully saturated rings. The number of nitrogens with zero attached hydrogens (tertiary/aromatic N) is 1. The van der Waals surface area contributed by atoms with Crippen molar-refractivity contribution in [2.45, 2.75) is 39.7 Å². The van der Waals surface area contributed by atoms with Gasteiger partial charge in [-0.1, -0.05) is 13.8 Å². The lowest BCUT2D eigenvalue weighted by molar-refractivity contribution is -0.116. The van der Waals surface area contributed by atoms with Gasteiger partial charge in [-0.2, -0.15) is 0 Å². The second-order valence-electron chi connectivity index (χ2n) is 7.09. The summed E-state index contributed by atoms with van der Waals surface area (Å²) in [6.07, 6.45) is 1.43. The number of rotatable bonds is 5. The van der Waals surface area contributed by atoms with E-state index >= 15 is 0 Å². The quantitative estimate of drug-likeness (QED) is 0.817. The van der Waals surface area contributed by atoms with E-state index in [-0.39, 0.29) is 23.1 Å². The summed E-state index contributed by atoms with van der Waals surface area (Å²) in [5.41, 5.74) is 7.60. The molecule has 1 amide bonds. The van der Waals surface area contributed by atoms with Crippen molar-refractivity contribution in [1.82, 2.24) is 4.90 Å². The highest BCUT2D eigenvalue weighted by Crippen LogP contribution is 2.27. The summed E-state index contributed by atoms with van der Waals surface area (Å²) in [5, 5.41) is 2.88. The molecule has 0 radical (unpaired) electrons. The van der Waals surface area contributed by atoms with Crippen molar-refractivity contribution in [1.29, 1.82) is 0 Å². The number of carbonyl (C=O) groups excluding carboxylic acids is 2. The lowest BCUT2D eigenvalue weighted by Gasteiger charge is -2.42. The highest BCUT2D eigenvalue weighted by Gasteiger charge is 2.33. The van der Waals surface area contributed by atoms with Gasteiger partial charge in [-0.15, -0.1) is 0 Å². The third kappa shape index (κ3) is 4.88. The number of nitrogens with two attached hydrogens (primary N) is 1. The SMILES string of the molecule is CC(=O)c1ccc(NC(=O)CCN2CCC(N)C(C)(C)C2)cc1. The van der Waals surface area contributed by atoms with Gasteiger partial charge < -0.3 is 16.0 Å². The number of ketones is 1. The van der Waals surface area contributed by atoms with Crippen molar-refractivity contribution in [2.75, 3.05) is 25.0 Å². The molecule has 1 atom stereocenters.